The molecule has 1 heterocycles. The van der Waals surface area contributed by atoms with Gasteiger partial charge in [0.15, 0.2) is 5.69 Å². The average Bonchev–Trinajstić information content (AvgIpc) is 3.16. The van der Waals surface area contributed by atoms with Crippen LogP contribution in [0.4, 0.5) is 0 Å². The van der Waals surface area contributed by atoms with Crippen molar-refractivity contribution in [1.82, 2.24) is 19.9 Å². The molecule has 0 radical (unpaired) electrons. The molecule has 0 aliphatic rings. The summed E-state index contributed by atoms with van der Waals surface area (Å²) < 4.78 is 6.79. The molecule has 27 heavy (non-hydrogen) atoms. The van der Waals surface area contributed by atoms with Crippen molar-refractivity contribution >= 4 is 17.5 Å². The van der Waals surface area contributed by atoms with Crippen LogP contribution in [-0.2, 0) is 6.54 Å². The molecule has 0 N–H and O–H groups in total. The Hall–Kier alpha value is -2.86. The number of aromatic nitrogens is 3. The van der Waals surface area contributed by atoms with Crippen LogP contribution in [0.2, 0.25) is 5.02 Å². The van der Waals surface area contributed by atoms with Crippen LogP contribution >= 0.6 is 11.6 Å². The van der Waals surface area contributed by atoms with Crippen molar-refractivity contribution in [1.29, 1.82) is 0 Å². The molecule has 0 aliphatic carbocycles. The number of amides is 1. The van der Waals surface area contributed by atoms with Crippen LogP contribution in [0.1, 0.15) is 34.6 Å². The molecule has 0 saturated heterocycles. The van der Waals surface area contributed by atoms with E-state index in [0.29, 0.717) is 17.3 Å². The fourth-order valence-corrected chi connectivity index (χ4v) is 2.93. The summed E-state index contributed by atoms with van der Waals surface area (Å²) in [5, 5.41) is 8.74. The minimum Gasteiger partial charge on any atom is -0.497 e. The number of methoxy groups -OCH3 is 1. The highest BCUT2D eigenvalue weighted by molar-refractivity contribution is 6.31. The second-order valence-electron chi connectivity index (χ2n) is 6.26. The van der Waals surface area contributed by atoms with Gasteiger partial charge in [0.25, 0.3) is 5.91 Å². The van der Waals surface area contributed by atoms with Gasteiger partial charge in [-0.3, -0.25) is 4.79 Å². The van der Waals surface area contributed by atoms with Crippen molar-refractivity contribution in [3.05, 3.63) is 76.6 Å². The molecule has 1 unspecified atom stereocenters. The molecule has 6 nitrogen and oxygen atoms in total. The summed E-state index contributed by atoms with van der Waals surface area (Å²) in [6.45, 7) is 2.42. The van der Waals surface area contributed by atoms with E-state index in [9.17, 15) is 4.79 Å². The van der Waals surface area contributed by atoms with Gasteiger partial charge >= 0.3 is 0 Å². The van der Waals surface area contributed by atoms with E-state index in [2.05, 4.69) is 10.3 Å². The second-order valence-corrected chi connectivity index (χ2v) is 6.67. The lowest BCUT2D eigenvalue weighted by atomic mass is 10.1. The van der Waals surface area contributed by atoms with Gasteiger partial charge in [-0.1, -0.05) is 47.1 Å². The minimum absolute atomic E-state index is 0.114. The van der Waals surface area contributed by atoms with Crippen LogP contribution in [0.25, 0.3) is 0 Å². The third-order valence-electron chi connectivity index (χ3n) is 4.55. The molecule has 0 bridgehead atoms. The summed E-state index contributed by atoms with van der Waals surface area (Å²) in [6.07, 6.45) is 1.64. The van der Waals surface area contributed by atoms with Gasteiger partial charge in [0.2, 0.25) is 0 Å². The molecule has 7 heteroatoms. The van der Waals surface area contributed by atoms with Crippen LogP contribution < -0.4 is 4.74 Å². The SMILES string of the molecule is COc1ccc(C(C)N(C)C(=O)c2cn(Cc3ccccc3Cl)nn2)cc1. The Balaban J connectivity index is 1.71. The van der Waals surface area contributed by atoms with E-state index in [0.717, 1.165) is 16.9 Å². The first-order chi connectivity index (χ1) is 13.0. The maximum atomic E-state index is 12.8. The summed E-state index contributed by atoms with van der Waals surface area (Å²) in [7, 11) is 3.38. The number of ether oxygens (including phenoxy) is 1. The van der Waals surface area contributed by atoms with Crippen LogP contribution in [-0.4, -0.2) is 40.0 Å². The molecule has 0 fully saturated rings. The predicted molar refractivity (Wildman–Crippen MR) is 104 cm³/mol. The van der Waals surface area contributed by atoms with Gasteiger partial charge in [0.05, 0.1) is 25.9 Å². The van der Waals surface area contributed by atoms with Crippen molar-refractivity contribution in [2.24, 2.45) is 0 Å². The normalized spacial score (nSPS) is 11.9. The van der Waals surface area contributed by atoms with Gasteiger partial charge in [-0.2, -0.15) is 0 Å². The number of hydrogen-bond donors (Lipinski definition) is 0. The number of carbonyl (C=O) groups is 1. The highest BCUT2D eigenvalue weighted by atomic mass is 35.5. The minimum atomic E-state index is -0.191. The molecule has 2 aromatic carbocycles. The summed E-state index contributed by atoms with van der Waals surface area (Å²) in [6, 6.07) is 15.1. The lowest BCUT2D eigenvalue weighted by molar-refractivity contribution is 0.0736. The largest absolute Gasteiger partial charge is 0.497 e. The number of rotatable bonds is 6. The van der Waals surface area contributed by atoms with Crippen molar-refractivity contribution < 1.29 is 9.53 Å². The number of benzene rings is 2. The summed E-state index contributed by atoms with van der Waals surface area (Å²) in [5.74, 6) is 0.589. The molecule has 3 rings (SSSR count). The maximum absolute atomic E-state index is 12.8. The molecule has 3 aromatic rings. The van der Waals surface area contributed by atoms with Gasteiger partial charge in [0, 0.05) is 12.1 Å². The van der Waals surface area contributed by atoms with Gasteiger partial charge in [-0.15, -0.1) is 5.10 Å². The number of hydrogen-bond acceptors (Lipinski definition) is 4. The first kappa shape index (κ1) is 18.9. The van der Waals surface area contributed by atoms with E-state index in [-0.39, 0.29) is 11.9 Å². The smallest absolute Gasteiger partial charge is 0.276 e. The average molecular weight is 385 g/mol. The van der Waals surface area contributed by atoms with Crippen LogP contribution in [0.5, 0.6) is 5.75 Å². The van der Waals surface area contributed by atoms with Gasteiger partial charge in [-0.05, 0) is 36.2 Å². The third kappa shape index (κ3) is 4.28. The van der Waals surface area contributed by atoms with E-state index in [1.165, 1.54) is 0 Å². The van der Waals surface area contributed by atoms with Gasteiger partial charge in [0.1, 0.15) is 5.75 Å². The fourth-order valence-electron chi connectivity index (χ4n) is 2.74. The summed E-state index contributed by atoms with van der Waals surface area (Å²) >= 11 is 6.18. The van der Waals surface area contributed by atoms with Crippen molar-refractivity contribution in [3.63, 3.8) is 0 Å². The van der Waals surface area contributed by atoms with E-state index in [1.807, 2.05) is 55.5 Å². The summed E-state index contributed by atoms with van der Waals surface area (Å²) in [5.41, 5.74) is 2.23. The monoisotopic (exact) mass is 384 g/mol. The van der Waals surface area contributed by atoms with Gasteiger partial charge in [-0.25, -0.2) is 4.68 Å². The zero-order valence-corrected chi connectivity index (χ0v) is 16.2. The lowest BCUT2D eigenvalue weighted by Crippen LogP contribution is -2.30. The molecular weight excluding hydrogens is 364 g/mol. The lowest BCUT2D eigenvalue weighted by Gasteiger charge is -2.24. The highest BCUT2D eigenvalue weighted by Crippen LogP contribution is 2.23. The van der Waals surface area contributed by atoms with Crippen LogP contribution in [0.3, 0.4) is 0 Å². The summed E-state index contributed by atoms with van der Waals surface area (Å²) in [4.78, 5) is 14.4. The van der Waals surface area contributed by atoms with Crippen LogP contribution in [0.15, 0.2) is 54.7 Å². The Morgan fingerprint density at radius 2 is 1.93 bits per heavy atom. The fraction of sp³-hybridized carbons (Fsp3) is 0.250. The Morgan fingerprint density at radius 3 is 2.59 bits per heavy atom. The van der Waals surface area contributed by atoms with E-state index >= 15 is 0 Å². The molecule has 1 amide bonds. The Morgan fingerprint density at radius 1 is 1.22 bits per heavy atom. The Bertz CT molecular complexity index is 924. The number of nitrogens with zero attached hydrogens (tertiary/aromatic N) is 4. The van der Waals surface area contributed by atoms with E-state index in [4.69, 9.17) is 16.3 Å². The topological polar surface area (TPSA) is 60.2 Å². The molecule has 0 aliphatic heterocycles. The first-order valence-electron chi connectivity index (χ1n) is 8.54. The number of halogens is 1. The van der Waals surface area contributed by atoms with Crippen molar-refractivity contribution in [2.75, 3.05) is 14.2 Å². The zero-order chi connectivity index (χ0) is 19.4. The van der Waals surface area contributed by atoms with Crippen molar-refractivity contribution in [3.8, 4) is 5.75 Å². The zero-order valence-electron chi connectivity index (χ0n) is 15.5. The molecule has 0 saturated carbocycles. The Labute approximate surface area is 163 Å². The highest BCUT2D eigenvalue weighted by Gasteiger charge is 2.21. The molecular formula is C20H21ClN4O2. The third-order valence-corrected chi connectivity index (χ3v) is 4.92. The van der Waals surface area contributed by atoms with E-state index < -0.39 is 0 Å². The maximum Gasteiger partial charge on any atom is 0.276 e. The molecule has 1 aromatic heterocycles. The number of carbonyl (C=O) groups excluding carboxylic acids is 1. The van der Waals surface area contributed by atoms with E-state index in [1.54, 1.807) is 29.9 Å². The predicted octanol–water partition coefficient (Wildman–Crippen LogP) is 3.82. The first-order valence-corrected chi connectivity index (χ1v) is 8.92. The molecule has 140 valence electrons. The Kier molecular flexibility index (Phi) is 5.76. The quantitative estimate of drug-likeness (QED) is 0.648. The molecule has 0 spiro atoms. The van der Waals surface area contributed by atoms with Crippen molar-refractivity contribution in [2.45, 2.75) is 19.5 Å². The second kappa shape index (κ2) is 8.22. The van der Waals surface area contributed by atoms with Gasteiger partial charge < -0.3 is 9.64 Å². The van der Waals surface area contributed by atoms with Crippen LogP contribution in [0, 0.1) is 0 Å². The standard InChI is InChI=1S/C20H21ClN4O2/c1-14(15-8-10-17(27-3)11-9-15)24(2)20(26)19-13-25(23-22-19)12-16-6-4-5-7-18(16)21/h4-11,13-14H,12H2,1-3H3. The molecule has 1 atom stereocenters.